The average Bonchev–Trinajstić information content (AvgIpc) is 3.23. The molecule has 0 unspecified atom stereocenters. The summed E-state index contributed by atoms with van der Waals surface area (Å²) in [7, 11) is 2.83. The molecule has 59 heavy (non-hydrogen) atoms. The summed E-state index contributed by atoms with van der Waals surface area (Å²) in [5, 5.41) is 34.0. The summed E-state index contributed by atoms with van der Waals surface area (Å²) < 4.78 is 37.0. The summed E-state index contributed by atoms with van der Waals surface area (Å²) in [6, 6.07) is 9.86. The maximum atomic E-state index is 13.9. The number of fused-ring (bicyclic) bond motifs is 2. The molecule has 0 bridgehead atoms. The minimum atomic E-state index is -1.49. The van der Waals surface area contributed by atoms with Crippen LogP contribution in [0.2, 0.25) is 0 Å². The predicted molar refractivity (Wildman–Crippen MR) is 221 cm³/mol. The minimum Gasteiger partial charge on any atom is -0.496 e. The van der Waals surface area contributed by atoms with Gasteiger partial charge >= 0.3 is 6.09 Å². The van der Waals surface area contributed by atoms with Crippen LogP contribution in [0.5, 0.6) is 23.0 Å². The van der Waals surface area contributed by atoms with Crippen LogP contribution in [0.1, 0.15) is 87.6 Å². The number of oxime groups is 1. The van der Waals surface area contributed by atoms with Gasteiger partial charge in [0.1, 0.15) is 34.6 Å². The first-order valence-electron chi connectivity index (χ1n) is 20.6. The summed E-state index contributed by atoms with van der Waals surface area (Å²) in [4.78, 5) is 33.5. The van der Waals surface area contributed by atoms with Crippen LogP contribution in [0.15, 0.2) is 65.9 Å². The van der Waals surface area contributed by atoms with E-state index in [0.29, 0.717) is 47.1 Å². The van der Waals surface area contributed by atoms with Gasteiger partial charge in [0.2, 0.25) is 5.79 Å². The topological polar surface area (TPSA) is 175 Å². The van der Waals surface area contributed by atoms with Gasteiger partial charge in [0.25, 0.3) is 0 Å². The fraction of sp³-hybridized carbons (Fsp3) is 0.578. The van der Waals surface area contributed by atoms with Gasteiger partial charge in [0, 0.05) is 37.7 Å². The van der Waals surface area contributed by atoms with Crippen LogP contribution >= 0.6 is 0 Å². The summed E-state index contributed by atoms with van der Waals surface area (Å²) in [6.45, 7) is 10.1. The second-order valence-electron chi connectivity index (χ2n) is 16.1. The lowest BCUT2D eigenvalue weighted by atomic mass is 9.55. The van der Waals surface area contributed by atoms with Gasteiger partial charge in [-0.05, 0) is 100 Å². The molecule has 1 amide bonds. The van der Waals surface area contributed by atoms with Crippen molar-refractivity contribution in [1.82, 2.24) is 4.90 Å². The van der Waals surface area contributed by atoms with Crippen molar-refractivity contribution < 1.29 is 58.2 Å². The number of aliphatic hydroxyl groups is 3. The van der Waals surface area contributed by atoms with Gasteiger partial charge in [0.05, 0.1) is 57.8 Å². The number of allylic oxidation sites excluding steroid dienone is 1. The van der Waals surface area contributed by atoms with Crippen molar-refractivity contribution in [3.05, 3.63) is 71.8 Å². The summed E-state index contributed by atoms with van der Waals surface area (Å²) >= 11 is 0. The normalized spacial score (nSPS) is 23.9. The largest absolute Gasteiger partial charge is 0.496 e. The zero-order valence-corrected chi connectivity index (χ0v) is 35.1. The number of ether oxygens (including phenoxy) is 6. The fourth-order valence-corrected chi connectivity index (χ4v) is 8.73. The van der Waals surface area contributed by atoms with E-state index in [9.17, 15) is 24.9 Å². The maximum Gasteiger partial charge on any atom is 0.410 e. The Morgan fingerprint density at radius 3 is 2.39 bits per heavy atom. The Hall–Kier alpha value is -4.47. The molecule has 0 radical (unpaired) electrons. The number of methoxy groups -OCH3 is 2. The third-order valence-electron chi connectivity index (χ3n) is 11.1. The van der Waals surface area contributed by atoms with E-state index in [1.165, 1.54) is 14.2 Å². The molecular weight excluding hydrogens is 760 g/mol. The van der Waals surface area contributed by atoms with Gasteiger partial charge < -0.3 is 48.6 Å². The second-order valence-corrected chi connectivity index (χ2v) is 16.1. The van der Waals surface area contributed by atoms with E-state index in [1.807, 2.05) is 32.9 Å². The molecule has 6 atom stereocenters. The van der Waals surface area contributed by atoms with Crippen molar-refractivity contribution in [3.63, 3.8) is 0 Å². The number of nitrogens with zero attached hydrogens (tertiary/aromatic N) is 2. The number of rotatable bonds is 22. The molecule has 1 aliphatic heterocycles. The van der Waals surface area contributed by atoms with Crippen LogP contribution in [0.25, 0.3) is 0 Å². The average molecular weight is 823 g/mol. The van der Waals surface area contributed by atoms with Gasteiger partial charge in [-0.15, -0.1) is 6.58 Å². The molecule has 1 fully saturated rings. The van der Waals surface area contributed by atoms with Crippen LogP contribution in [-0.4, -0.2) is 116 Å². The molecule has 14 nitrogen and oxygen atoms in total. The first-order chi connectivity index (χ1) is 28.5. The Morgan fingerprint density at radius 2 is 1.73 bits per heavy atom. The number of benzene rings is 2. The van der Waals surface area contributed by atoms with Gasteiger partial charge in [-0.3, -0.25) is 9.69 Å². The zero-order valence-electron chi connectivity index (χ0n) is 35.1. The van der Waals surface area contributed by atoms with E-state index in [4.69, 9.17) is 38.4 Å². The first kappa shape index (κ1) is 45.6. The van der Waals surface area contributed by atoms with E-state index in [1.54, 1.807) is 35.2 Å². The van der Waals surface area contributed by atoms with Crippen molar-refractivity contribution in [2.24, 2.45) is 22.9 Å². The molecule has 0 spiro atoms. The highest BCUT2D eigenvalue weighted by Crippen LogP contribution is 2.62. The van der Waals surface area contributed by atoms with E-state index in [-0.39, 0.29) is 70.4 Å². The second kappa shape index (κ2) is 21.2. The number of carbonyl (C=O) groups excluding carboxylic acids is 2. The number of hydrogen-bond acceptors (Lipinski definition) is 13. The number of aliphatic hydroxyl groups excluding tert-OH is 3. The van der Waals surface area contributed by atoms with Gasteiger partial charge in [-0.1, -0.05) is 30.1 Å². The molecule has 1 heterocycles. The molecule has 0 saturated heterocycles. The Balaban J connectivity index is 1.78. The predicted octanol–water partition coefficient (Wildman–Crippen LogP) is 6.81. The van der Waals surface area contributed by atoms with Gasteiger partial charge in [-0.2, -0.15) is 0 Å². The minimum absolute atomic E-state index is 0.00995. The highest BCUT2D eigenvalue weighted by molar-refractivity contribution is 6.03. The van der Waals surface area contributed by atoms with Crippen molar-refractivity contribution in [2.45, 2.75) is 89.1 Å². The molecule has 1 saturated carbocycles. The van der Waals surface area contributed by atoms with E-state index in [2.05, 4.69) is 12.7 Å². The summed E-state index contributed by atoms with van der Waals surface area (Å²) in [5.41, 5.74) is 2.11. The lowest BCUT2D eigenvalue weighted by Crippen LogP contribution is -2.70. The Kier molecular flexibility index (Phi) is 16.4. The van der Waals surface area contributed by atoms with Crippen molar-refractivity contribution in [3.8, 4) is 23.0 Å². The maximum absolute atomic E-state index is 13.9. The number of unbranched alkanes of at least 4 members (excludes halogenated alkanes) is 2. The molecule has 14 heteroatoms. The Labute approximate surface area is 347 Å². The molecule has 3 N–H and O–H groups in total. The number of hydrogen-bond donors (Lipinski definition) is 3. The summed E-state index contributed by atoms with van der Waals surface area (Å²) in [6.07, 6.45) is 8.57. The number of carbonyl (C=O) groups is 2. The molecule has 5 rings (SSSR count). The molecule has 2 aromatic carbocycles. The van der Waals surface area contributed by atoms with Gasteiger partial charge in [-0.25, -0.2) is 4.79 Å². The quantitative estimate of drug-likeness (QED) is 0.0491. The molecule has 3 aliphatic rings. The van der Waals surface area contributed by atoms with Crippen molar-refractivity contribution >= 4 is 18.1 Å². The van der Waals surface area contributed by atoms with Crippen LogP contribution in [0.3, 0.4) is 0 Å². The lowest BCUT2D eigenvalue weighted by Gasteiger charge is -2.59. The zero-order chi connectivity index (χ0) is 42.6. The number of amides is 1. The van der Waals surface area contributed by atoms with E-state index >= 15 is 0 Å². The molecular formula is C45H62N2O12. The van der Waals surface area contributed by atoms with Crippen LogP contribution < -0.4 is 14.2 Å². The Morgan fingerprint density at radius 1 is 1.00 bits per heavy atom. The highest BCUT2D eigenvalue weighted by atomic mass is 16.7. The van der Waals surface area contributed by atoms with Crippen LogP contribution in [0, 0.1) is 17.8 Å². The fourth-order valence-electron chi connectivity index (χ4n) is 8.73. The van der Waals surface area contributed by atoms with E-state index < -0.39 is 29.4 Å². The summed E-state index contributed by atoms with van der Waals surface area (Å²) in [5.74, 6) is -0.371. The molecule has 2 aliphatic carbocycles. The van der Waals surface area contributed by atoms with Crippen LogP contribution in [-0.2, 0) is 19.0 Å². The highest BCUT2D eigenvalue weighted by Gasteiger charge is 2.65. The third-order valence-corrected chi connectivity index (χ3v) is 11.1. The third kappa shape index (κ3) is 10.6. The molecule has 324 valence electrons. The Bertz CT molecular complexity index is 1790. The SMILES string of the molecule is C=CCO[C@@]12Oc3ccc(Oc4ccc(OC)c(C=O)c4)cc3[C@H]3[C@H](CCCCO)[C@@H](CCCCO)C=C(C(=NOC(C)(C)C)C[C@@H]1N(CCOCCO)C(=O)OC)[C@H]32. The monoisotopic (exact) mass is 822 g/mol. The molecule has 0 aromatic heterocycles. The smallest absolute Gasteiger partial charge is 0.410 e. The van der Waals surface area contributed by atoms with Crippen molar-refractivity contribution in [2.75, 3.05) is 60.4 Å². The first-order valence-corrected chi connectivity index (χ1v) is 20.6. The van der Waals surface area contributed by atoms with Crippen LogP contribution in [0.4, 0.5) is 4.79 Å². The lowest BCUT2D eigenvalue weighted by molar-refractivity contribution is -0.256. The molecule has 2 aromatic rings. The van der Waals surface area contributed by atoms with Gasteiger partial charge in [0.15, 0.2) is 6.29 Å². The number of aldehydes is 1. The van der Waals surface area contributed by atoms with Crippen molar-refractivity contribution in [1.29, 1.82) is 0 Å². The standard InChI is InChI=1S/C45H62N2O12/c1-7-22-56-45-40(47(43(52)54-6)18-23-55-24-21-50)28-37(46-59-44(2,3)4)35-26-30(12-8-10-19-48)34(13-9-11-20-49)41(42(35)45)36-27-33(15-17-39(36)58-45)57-32-14-16-38(53-5)31(25-32)29-51/h7,14-17,25-27,29-30,34,40-42,48-50H,1,8-13,18-24,28H2,2-6H3/t30-,34+,40-,41+,42+,45+/m0/s1. The van der Waals surface area contributed by atoms with E-state index in [0.717, 1.165) is 43.1 Å².